The van der Waals surface area contributed by atoms with Crippen molar-refractivity contribution in [3.05, 3.63) is 54.9 Å². The summed E-state index contributed by atoms with van der Waals surface area (Å²) in [5, 5.41) is 12.3. The van der Waals surface area contributed by atoms with Crippen LogP contribution in [0.25, 0.3) is 44.6 Å². The summed E-state index contributed by atoms with van der Waals surface area (Å²) in [6, 6.07) is 15.2. The summed E-state index contributed by atoms with van der Waals surface area (Å²) in [5.41, 5.74) is 8.18. The number of para-hydroxylation sites is 1. The Morgan fingerprint density at radius 1 is 0.943 bits per heavy atom. The van der Waals surface area contributed by atoms with Crippen molar-refractivity contribution in [2.24, 2.45) is 0 Å². The van der Waals surface area contributed by atoms with E-state index in [-0.39, 0.29) is 0 Å². The first-order valence-corrected chi connectivity index (χ1v) is 12.2. The predicted molar refractivity (Wildman–Crippen MR) is 143 cm³/mol. The third-order valence-corrected chi connectivity index (χ3v) is 6.65. The molecule has 35 heavy (non-hydrogen) atoms. The SMILES string of the molecule is CC(C)Nc1cncc(-c2ccc3[nH]nc(-c4nc5c(N6CCN(C)CC6)cccc5[nH]4)c3c2)c1. The zero-order valence-electron chi connectivity index (χ0n) is 20.3. The van der Waals surface area contributed by atoms with Gasteiger partial charge < -0.3 is 20.1 Å². The van der Waals surface area contributed by atoms with Crippen LogP contribution in [0.2, 0.25) is 0 Å². The molecule has 178 valence electrons. The molecule has 0 saturated carbocycles. The number of aromatic amines is 2. The van der Waals surface area contributed by atoms with Gasteiger partial charge in [0.2, 0.25) is 0 Å². The van der Waals surface area contributed by atoms with Crippen molar-refractivity contribution in [1.82, 2.24) is 30.0 Å². The van der Waals surface area contributed by atoms with E-state index in [1.165, 1.54) is 5.69 Å². The molecule has 2 aromatic carbocycles. The maximum absolute atomic E-state index is 5.03. The minimum atomic E-state index is 0.346. The minimum absolute atomic E-state index is 0.346. The Kier molecular flexibility index (Phi) is 5.37. The first-order valence-electron chi connectivity index (χ1n) is 12.2. The van der Waals surface area contributed by atoms with Gasteiger partial charge in [-0.05, 0) is 56.8 Å². The molecule has 8 heteroatoms. The van der Waals surface area contributed by atoms with Gasteiger partial charge in [-0.25, -0.2) is 4.98 Å². The van der Waals surface area contributed by atoms with Crippen molar-refractivity contribution in [2.75, 3.05) is 43.4 Å². The summed E-state index contributed by atoms with van der Waals surface area (Å²) in [6.07, 6.45) is 3.76. The van der Waals surface area contributed by atoms with E-state index in [2.05, 4.69) is 98.6 Å². The zero-order valence-corrected chi connectivity index (χ0v) is 20.3. The van der Waals surface area contributed by atoms with Crippen LogP contribution in [0.3, 0.4) is 0 Å². The van der Waals surface area contributed by atoms with E-state index in [9.17, 15) is 0 Å². The van der Waals surface area contributed by atoms with E-state index in [1.54, 1.807) is 0 Å². The number of aromatic nitrogens is 5. The van der Waals surface area contributed by atoms with Gasteiger partial charge in [-0.2, -0.15) is 5.10 Å². The van der Waals surface area contributed by atoms with E-state index < -0.39 is 0 Å². The van der Waals surface area contributed by atoms with Crippen LogP contribution in [0.4, 0.5) is 11.4 Å². The summed E-state index contributed by atoms with van der Waals surface area (Å²) in [4.78, 5) is 17.8. The Balaban J connectivity index is 1.39. The number of nitrogens with zero attached hydrogens (tertiary/aromatic N) is 5. The lowest BCUT2D eigenvalue weighted by atomic mass is 10.0. The molecule has 0 spiro atoms. The molecule has 1 fully saturated rings. The van der Waals surface area contributed by atoms with Crippen LogP contribution in [-0.4, -0.2) is 69.3 Å². The highest BCUT2D eigenvalue weighted by atomic mass is 15.3. The van der Waals surface area contributed by atoms with Crippen LogP contribution in [0.1, 0.15) is 13.8 Å². The first kappa shape index (κ1) is 21.6. The van der Waals surface area contributed by atoms with Gasteiger partial charge in [0, 0.05) is 55.6 Å². The number of pyridine rings is 1. The lowest BCUT2D eigenvalue weighted by Crippen LogP contribution is -2.44. The predicted octanol–water partition coefficient (Wildman–Crippen LogP) is 4.74. The summed E-state index contributed by atoms with van der Waals surface area (Å²) >= 11 is 0. The smallest absolute Gasteiger partial charge is 0.159 e. The molecule has 4 heterocycles. The van der Waals surface area contributed by atoms with Crippen LogP contribution < -0.4 is 10.2 Å². The normalized spacial score (nSPS) is 14.9. The van der Waals surface area contributed by atoms with Crippen LogP contribution in [0.5, 0.6) is 0 Å². The fraction of sp³-hybridized carbons (Fsp3) is 0.296. The molecule has 1 aliphatic heterocycles. The van der Waals surface area contributed by atoms with Crippen LogP contribution in [0.15, 0.2) is 54.9 Å². The molecule has 3 N–H and O–H groups in total. The number of benzene rings is 2. The molecular weight excluding hydrogens is 436 g/mol. The number of likely N-dealkylation sites (N-methyl/N-ethyl adjacent to an activating group) is 1. The second kappa shape index (κ2) is 8.70. The number of nitrogens with one attached hydrogen (secondary N) is 3. The van der Waals surface area contributed by atoms with Crippen molar-refractivity contribution >= 4 is 33.3 Å². The van der Waals surface area contributed by atoms with Gasteiger partial charge in [0.25, 0.3) is 0 Å². The van der Waals surface area contributed by atoms with Crippen molar-refractivity contribution in [3.63, 3.8) is 0 Å². The molecule has 0 atom stereocenters. The molecule has 0 radical (unpaired) electrons. The number of anilines is 2. The lowest BCUT2D eigenvalue weighted by molar-refractivity contribution is 0.313. The number of piperazine rings is 1. The van der Waals surface area contributed by atoms with Crippen molar-refractivity contribution in [3.8, 4) is 22.6 Å². The van der Waals surface area contributed by atoms with Gasteiger partial charge in [0.05, 0.1) is 22.4 Å². The number of fused-ring (bicyclic) bond motifs is 2. The number of rotatable bonds is 5. The Bertz CT molecular complexity index is 1490. The average molecular weight is 467 g/mol. The molecule has 1 saturated heterocycles. The average Bonchev–Trinajstić information content (AvgIpc) is 3.48. The molecule has 5 aromatic rings. The van der Waals surface area contributed by atoms with Gasteiger partial charge in [-0.3, -0.25) is 10.1 Å². The standard InChI is InChI=1S/C27H30N8/c1-17(2)29-20-13-19(15-28-16-20)18-7-8-22-21(14-18)25(33-32-22)27-30-23-5-4-6-24(26(23)31-27)35-11-9-34(3)10-12-35/h4-8,13-17,29H,9-12H2,1-3H3,(H,30,31)(H,32,33). The number of hydrogen-bond donors (Lipinski definition) is 3. The van der Waals surface area contributed by atoms with E-state index in [1.807, 2.05) is 12.4 Å². The second-order valence-corrected chi connectivity index (χ2v) is 9.64. The van der Waals surface area contributed by atoms with E-state index in [0.29, 0.717) is 6.04 Å². The molecule has 6 rings (SSSR count). The van der Waals surface area contributed by atoms with E-state index in [0.717, 1.165) is 76.4 Å². The summed E-state index contributed by atoms with van der Waals surface area (Å²) < 4.78 is 0. The van der Waals surface area contributed by atoms with Crippen molar-refractivity contribution in [2.45, 2.75) is 19.9 Å². The fourth-order valence-corrected chi connectivity index (χ4v) is 4.82. The lowest BCUT2D eigenvalue weighted by Gasteiger charge is -2.34. The third-order valence-electron chi connectivity index (χ3n) is 6.65. The number of H-pyrrole nitrogens is 2. The fourth-order valence-electron chi connectivity index (χ4n) is 4.82. The van der Waals surface area contributed by atoms with Gasteiger partial charge in [-0.1, -0.05) is 12.1 Å². The van der Waals surface area contributed by atoms with Crippen LogP contribution in [-0.2, 0) is 0 Å². The Morgan fingerprint density at radius 2 is 1.80 bits per heavy atom. The highest BCUT2D eigenvalue weighted by molar-refractivity contribution is 5.97. The van der Waals surface area contributed by atoms with E-state index in [4.69, 9.17) is 4.98 Å². The second-order valence-electron chi connectivity index (χ2n) is 9.64. The molecule has 1 aliphatic rings. The van der Waals surface area contributed by atoms with Crippen LogP contribution >= 0.6 is 0 Å². The Labute approximate surface area is 204 Å². The number of imidazole rings is 1. The first-order chi connectivity index (χ1) is 17.0. The third kappa shape index (κ3) is 4.10. The van der Waals surface area contributed by atoms with Gasteiger partial charge in [0.15, 0.2) is 5.82 Å². The monoisotopic (exact) mass is 466 g/mol. The molecule has 0 bridgehead atoms. The maximum atomic E-state index is 5.03. The van der Waals surface area contributed by atoms with Crippen LogP contribution in [0, 0.1) is 0 Å². The molecular formula is C27H30N8. The summed E-state index contributed by atoms with van der Waals surface area (Å²) in [5.74, 6) is 0.776. The Hall–Kier alpha value is -3.91. The highest BCUT2D eigenvalue weighted by Crippen LogP contribution is 2.33. The van der Waals surface area contributed by atoms with Gasteiger partial charge in [0.1, 0.15) is 11.2 Å². The number of hydrogen-bond acceptors (Lipinski definition) is 6. The topological polar surface area (TPSA) is 88.8 Å². The minimum Gasteiger partial charge on any atom is -0.382 e. The van der Waals surface area contributed by atoms with E-state index >= 15 is 0 Å². The molecule has 8 nitrogen and oxygen atoms in total. The maximum Gasteiger partial charge on any atom is 0.159 e. The summed E-state index contributed by atoms with van der Waals surface area (Å²) in [7, 11) is 2.18. The van der Waals surface area contributed by atoms with Gasteiger partial charge in [-0.15, -0.1) is 0 Å². The molecule has 0 aliphatic carbocycles. The quantitative estimate of drug-likeness (QED) is 0.347. The largest absolute Gasteiger partial charge is 0.382 e. The van der Waals surface area contributed by atoms with Gasteiger partial charge >= 0.3 is 0 Å². The molecule has 0 amide bonds. The summed E-state index contributed by atoms with van der Waals surface area (Å²) in [6.45, 7) is 8.38. The molecule has 3 aromatic heterocycles. The zero-order chi connectivity index (χ0) is 23.9. The highest BCUT2D eigenvalue weighted by Gasteiger charge is 2.20. The molecule has 0 unspecified atom stereocenters. The van der Waals surface area contributed by atoms with Crippen molar-refractivity contribution in [1.29, 1.82) is 0 Å². The Morgan fingerprint density at radius 3 is 2.63 bits per heavy atom. The van der Waals surface area contributed by atoms with Crippen molar-refractivity contribution < 1.29 is 0 Å².